The number of rotatable bonds is 4. The third kappa shape index (κ3) is 2.41. The van der Waals surface area contributed by atoms with E-state index in [2.05, 4.69) is 9.97 Å². The second-order valence-corrected chi connectivity index (χ2v) is 4.02. The number of carboxylic acids is 1. The third-order valence-corrected chi connectivity index (χ3v) is 2.99. The number of carboxylic acid groups (broad SMARTS) is 1. The largest absolute Gasteiger partial charge is 0.476 e. The molecule has 0 saturated carbocycles. The number of anilines is 1. The fourth-order valence-electron chi connectivity index (χ4n) is 1.99. The molecule has 0 bridgehead atoms. The van der Waals surface area contributed by atoms with E-state index in [0.29, 0.717) is 18.9 Å². The molecule has 0 spiro atoms. The van der Waals surface area contributed by atoms with Crippen LogP contribution in [0.4, 0.5) is 5.82 Å². The highest BCUT2D eigenvalue weighted by Gasteiger charge is 2.33. The smallest absolute Gasteiger partial charge is 0.356 e. The predicted octanol–water partition coefficient (Wildman–Crippen LogP) is 0.0248. The maximum atomic E-state index is 10.8. The Bertz CT molecular complexity index is 428. The molecule has 98 valence electrons. The van der Waals surface area contributed by atoms with Crippen molar-refractivity contribution >= 4 is 11.8 Å². The Kier molecular flexibility index (Phi) is 3.73. The minimum absolute atomic E-state index is 0.0507. The molecular weight excluding hydrogens is 238 g/mol. The highest BCUT2D eigenvalue weighted by Crippen LogP contribution is 2.21. The highest BCUT2D eigenvalue weighted by molar-refractivity contribution is 5.85. The fourth-order valence-corrected chi connectivity index (χ4v) is 1.99. The molecular formula is C11H15N3O4. The summed E-state index contributed by atoms with van der Waals surface area (Å²) in [5.74, 6) is -0.563. The van der Waals surface area contributed by atoms with Crippen molar-refractivity contribution in [2.24, 2.45) is 0 Å². The third-order valence-electron chi connectivity index (χ3n) is 2.99. The summed E-state index contributed by atoms with van der Waals surface area (Å²) in [6, 6.07) is 0. The molecule has 7 nitrogen and oxygen atoms in total. The average Bonchev–Trinajstić information content (AvgIpc) is 2.82. The minimum Gasteiger partial charge on any atom is -0.476 e. The van der Waals surface area contributed by atoms with Crippen molar-refractivity contribution in [1.82, 2.24) is 9.97 Å². The Morgan fingerprint density at radius 2 is 1.94 bits per heavy atom. The normalized spacial score (nSPS) is 23.3. The minimum atomic E-state index is -1.09. The van der Waals surface area contributed by atoms with Gasteiger partial charge in [0.15, 0.2) is 5.69 Å². The summed E-state index contributed by atoms with van der Waals surface area (Å²) < 4.78 is 10.6. The van der Waals surface area contributed by atoms with Gasteiger partial charge in [-0.25, -0.2) is 9.78 Å². The Hall–Kier alpha value is -1.73. The van der Waals surface area contributed by atoms with Crippen molar-refractivity contribution < 1.29 is 19.4 Å². The summed E-state index contributed by atoms with van der Waals surface area (Å²) in [4.78, 5) is 20.7. The molecule has 1 fully saturated rings. The van der Waals surface area contributed by atoms with Crippen molar-refractivity contribution in [1.29, 1.82) is 0 Å². The quantitative estimate of drug-likeness (QED) is 0.809. The maximum absolute atomic E-state index is 10.8. The summed E-state index contributed by atoms with van der Waals surface area (Å²) in [5, 5.41) is 8.88. The van der Waals surface area contributed by atoms with Crippen LogP contribution in [0.2, 0.25) is 0 Å². The van der Waals surface area contributed by atoms with Gasteiger partial charge in [-0.3, -0.25) is 4.98 Å². The van der Waals surface area contributed by atoms with Crippen LogP contribution in [0.25, 0.3) is 0 Å². The lowest BCUT2D eigenvalue weighted by molar-refractivity contribution is -0.00461. The lowest BCUT2D eigenvalue weighted by Crippen LogP contribution is -2.27. The first-order chi connectivity index (χ1) is 8.65. The molecule has 2 heterocycles. The molecule has 0 amide bonds. The van der Waals surface area contributed by atoms with Crippen LogP contribution in [0, 0.1) is 0 Å². The molecule has 2 rings (SSSR count). The Morgan fingerprint density at radius 3 is 2.44 bits per heavy atom. The Morgan fingerprint density at radius 1 is 1.33 bits per heavy atom. The lowest BCUT2D eigenvalue weighted by Gasteiger charge is -2.16. The standard InChI is InChI=1S/C11H15N3O4/c1-17-8-5-14(6-9(8)18-2)10-4-12-3-7(13-10)11(15)16/h3-4,8-9H,5-6H2,1-2H3,(H,15,16). The number of ether oxygens (including phenoxy) is 2. The average molecular weight is 253 g/mol. The van der Waals surface area contributed by atoms with Gasteiger partial charge in [-0.15, -0.1) is 0 Å². The van der Waals surface area contributed by atoms with Crippen LogP contribution in [0.15, 0.2) is 12.4 Å². The topological polar surface area (TPSA) is 84.8 Å². The van der Waals surface area contributed by atoms with Gasteiger partial charge in [-0.1, -0.05) is 0 Å². The predicted molar refractivity (Wildman–Crippen MR) is 62.8 cm³/mol. The molecule has 1 aromatic heterocycles. The van der Waals surface area contributed by atoms with Gasteiger partial charge in [0.05, 0.1) is 12.4 Å². The molecule has 1 N–H and O–H groups in total. The van der Waals surface area contributed by atoms with E-state index in [4.69, 9.17) is 14.6 Å². The van der Waals surface area contributed by atoms with E-state index < -0.39 is 5.97 Å². The summed E-state index contributed by atoms with van der Waals surface area (Å²) in [7, 11) is 3.25. The van der Waals surface area contributed by atoms with Crippen molar-refractivity contribution in [3.05, 3.63) is 18.1 Å². The van der Waals surface area contributed by atoms with E-state index in [0.717, 1.165) is 0 Å². The molecule has 0 radical (unpaired) electrons. The fraction of sp³-hybridized carbons (Fsp3) is 0.545. The van der Waals surface area contributed by atoms with Crippen molar-refractivity contribution in [3.8, 4) is 0 Å². The summed E-state index contributed by atoms with van der Waals surface area (Å²) in [6.45, 7) is 1.21. The molecule has 0 aliphatic carbocycles. The second kappa shape index (κ2) is 5.28. The van der Waals surface area contributed by atoms with Gasteiger partial charge in [-0.05, 0) is 0 Å². The van der Waals surface area contributed by atoms with Gasteiger partial charge in [0, 0.05) is 27.3 Å². The molecule has 1 aliphatic rings. The highest BCUT2D eigenvalue weighted by atomic mass is 16.5. The van der Waals surface area contributed by atoms with Crippen LogP contribution in [-0.4, -0.2) is 60.6 Å². The van der Waals surface area contributed by atoms with Gasteiger partial charge in [0.25, 0.3) is 0 Å². The molecule has 18 heavy (non-hydrogen) atoms. The van der Waals surface area contributed by atoms with Gasteiger partial charge >= 0.3 is 5.97 Å². The molecule has 1 aliphatic heterocycles. The van der Waals surface area contributed by atoms with Crippen LogP contribution in [0.1, 0.15) is 10.5 Å². The number of hydrogen-bond acceptors (Lipinski definition) is 6. The van der Waals surface area contributed by atoms with E-state index in [-0.39, 0.29) is 17.9 Å². The monoisotopic (exact) mass is 253 g/mol. The molecule has 0 aromatic carbocycles. The summed E-state index contributed by atoms with van der Waals surface area (Å²) in [6.07, 6.45) is 2.66. The van der Waals surface area contributed by atoms with Crippen molar-refractivity contribution in [3.63, 3.8) is 0 Å². The van der Waals surface area contributed by atoms with Crippen LogP contribution in [-0.2, 0) is 9.47 Å². The molecule has 2 unspecified atom stereocenters. The van der Waals surface area contributed by atoms with E-state index in [1.54, 1.807) is 14.2 Å². The van der Waals surface area contributed by atoms with Crippen LogP contribution >= 0.6 is 0 Å². The summed E-state index contributed by atoms with van der Waals surface area (Å²) in [5.41, 5.74) is -0.0673. The molecule has 1 aromatic rings. The summed E-state index contributed by atoms with van der Waals surface area (Å²) >= 11 is 0. The number of methoxy groups -OCH3 is 2. The van der Waals surface area contributed by atoms with Gasteiger partial charge in [-0.2, -0.15) is 0 Å². The molecule has 2 atom stereocenters. The molecule has 1 saturated heterocycles. The first-order valence-electron chi connectivity index (χ1n) is 5.51. The number of nitrogens with zero attached hydrogens (tertiary/aromatic N) is 3. The lowest BCUT2D eigenvalue weighted by atomic mass is 10.3. The maximum Gasteiger partial charge on any atom is 0.356 e. The Balaban J connectivity index is 2.18. The van der Waals surface area contributed by atoms with E-state index >= 15 is 0 Å². The van der Waals surface area contributed by atoms with Crippen LogP contribution < -0.4 is 4.90 Å². The Labute approximate surface area is 104 Å². The van der Waals surface area contributed by atoms with Crippen LogP contribution in [0.5, 0.6) is 0 Å². The number of hydrogen-bond donors (Lipinski definition) is 1. The van der Waals surface area contributed by atoms with Crippen molar-refractivity contribution in [2.45, 2.75) is 12.2 Å². The van der Waals surface area contributed by atoms with Crippen molar-refractivity contribution in [2.75, 3.05) is 32.2 Å². The zero-order valence-electron chi connectivity index (χ0n) is 10.2. The second-order valence-electron chi connectivity index (χ2n) is 4.02. The zero-order valence-corrected chi connectivity index (χ0v) is 10.2. The molecule has 7 heteroatoms. The van der Waals surface area contributed by atoms with E-state index in [1.807, 2.05) is 4.90 Å². The number of aromatic carboxylic acids is 1. The van der Waals surface area contributed by atoms with E-state index in [1.165, 1.54) is 12.4 Å². The van der Waals surface area contributed by atoms with Gasteiger partial charge in [0.1, 0.15) is 18.0 Å². The number of carbonyl (C=O) groups is 1. The first kappa shape index (κ1) is 12.7. The van der Waals surface area contributed by atoms with E-state index in [9.17, 15) is 4.79 Å². The SMILES string of the molecule is COC1CN(c2cncc(C(=O)O)n2)CC1OC. The van der Waals surface area contributed by atoms with Gasteiger partial charge in [0.2, 0.25) is 0 Å². The number of aromatic nitrogens is 2. The van der Waals surface area contributed by atoms with Crippen LogP contribution in [0.3, 0.4) is 0 Å². The van der Waals surface area contributed by atoms with Gasteiger partial charge < -0.3 is 19.5 Å². The first-order valence-corrected chi connectivity index (χ1v) is 5.51. The zero-order chi connectivity index (χ0) is 13.1.